The number of pyridine rings is 1. The highest BCUT2D eigenvalue weighted by Crippen LogP contribution is 2.38. The van der Waals surface area contributed by atoms with Crippen LogP contribution in [0.4, 0.5) is 17.6 Å². The average Bonchev–Trinajstić information content (AvgIpc) is 2.74. The predicted molar refractivity (Wildman–Crippen MR) is 108 cm³/mol. The molecule has 11 heteroatoms. The molecule has 172 valence electrons. The van der Waals surface area contributed by atoms with Crippen molar-refractivity contribution in [3.05, 3.63) is 47.7 Å². The number of nitriles is 1. The van der Waals surface area contributed by atoms with E-state index in [1.54, 1.807) is 6.07 Å². The highest BCUT2D eigenvalue weighted by atomic mass is 32.2. The number of ether oxygens (including phenoxy) is 1. The molecule has 0 bridgehead atoms. The lowest BCUT2D eigenvalue weighted by molar-refractivity contribution is -0.0662. The Bertz CT molecular complexity index is 1140. The second-order valence-electron chi connectivity index (χ2n) is 7.61. The molecule has 1 N–H and O–H groups in total. The number of nitrogens with zero attached hydrogens (tertiary/aromatic N) is 2. The minimum Gasteiger partial charge on any atom is -0.490 e. The molecule has 2 aromatic rings. The van der Waals surface area contributed by atoms with Gasteiger partial charge < -0.3 is 4.74 Å². The quantitative estimate of drug-likeness (QED) is 0.616. The van der Waals surface area contributed by atoms with Crippen LogP contribution in [0.2, 0.25) is 0 Å². The van der Waals surface area contributed by atoms with Gasteiger partial charge >= 0.3 is 0 Å². The summed E-state index contributed by atoms with van der Waals surface area (Å²) in [5, 5.41) is 8.78. The third kappa shape index (κ3) is 5.75. The monoisotopic (exact) mass is 471 g/mol. The Morgan fingerprint density at radius 1 is 1.28 bits per heavy atom. The second-order valence-corrected chi connectivity index (χ2v) is 9.65. The maximum Gasteiger partial charge on any atom is 0.248 e. The Morgan fingerprint density at radius 2 is 2.03 bits per heavy atom. The first kappa shape index (κ1) is 23.9. The molecule has 1 aromatic heterocycles. The molecule has 6 nitrogen and oxygen atoms in total. The van der Waals surface area contributed by atoms with Gasteiger partial charge in [0.05, 0.1) is 17.9 Å². The first-order valence-electron chi connectivity index (χ1n) is 9.90. The van der Waals surface area contributed by atoms with E-state index in [9.17, 15) is 26.0 Å². The first-order valence-corrected chi connectivity index (χ1v) is 11.5. The summed E-state index contributed by atoms with van der Waals surface area (Å²) in [5.74, 6) is -5.92. The molecule has 1 aliphatic carbocycles. The highest BCUT2D eigenvalue weighted by Gasteiger charge is 2.42. The molecular weight excluding hydrogens is 450 g/mol. The molecule has 0 unspecified atom stereocenters. The van der Waals surface area contributed by atoms with Gasteiger partial charge in [-0.05, 0) is 37.6 Å². The van der Waals surface area contributed by atoms with Crippen molar-refractivity contribution in [2.45, 2.75) is 38.2 Å². The van der Waals surface area contributed by atoms with Gasteiger partial charge in [-0.2, -0.15) is 5.26 Å². The zero-order valence-corrected chi connectivity index (χ0v) is 17.9. The fourth-order valence-electron chi connectivity index (χ4n) is 3.55. The fraction of sp³-hybridized carbons (Fsp3) is 0.429. The number of aromatic nitrogens is 1. The molecule has 1 aromatic carbocycles. The number of hydrogen-bond acceptors (Lipinski definition) is 5. The summed E-state index contributed by atoms with van der Waals surface area (Å²) < 4.78 is 88.1. The van der Waals surface area contributed by atoms with E-state index in [-0.39, 0.29) is 41.4 Å². The van der Waals surface area contributed by atoms with Crippen molar-refractivity contribution in [3.63, 3.8) is 0 Å². The lowest BCUT2D eigenvalue weighted by atomic mass is 9.83. The van der Waals surface area contributed by atoms with Crippen LogP contribution in [0.1, 0.15) is 31.7 Å². The fourth-order valence-corrected chi connectivity index (χ4v) is 4.49. The summed E-state index contributed by atoms with van der Waals surface area (Å²) in [6.45, 7) is 1.11. The van der Waals surface area contributed by atoms with Gasteiger partial charge in [-0.3, -0.25) is 4.98 Å². The van der Waals surface area contributed by atoms with Gasteiger partial charge in [0.2, 0.25) is 15.9 Å². The van der Waals surface area contributed by atoms with Gasteiger partial charge in [-0.1, -0.05) is 0 Å². The molecule has 0 saturated heterocycles. The average molecular weight is 471 g/mol. The van der Waals surface area contributed by atoms with E-state index in [0.717, 1.165) is 18.3 Å². The van der Waals surface area contributed by atoms with Crippen LogP contribution in [-0.2, 0) is 10.0 Å². The highest BCUT2D eigenvalue weighted by molar-refractivity contribution is 7.89. The van der Waals surface area contributed by atoms with Crippen molar-refractivity contribution in [3.8, 4) is 23.1 Å². The van der Waals surface area contributed by atoms with Crippen LogP contribution in [-0.4, -0.2) is 37.7 Å². The topological polar surface area (TPSA) is 92.1 Å². The minimum absolute atomic E-state index is 0.0178. The van der Waals surface area contributed by atoms with Crippen molar-refractivity contribution < 1.29 is 30.7 Å². The largest absolute Gasteiger partial charge is 0.490 e. The van der Waals surface area contributed by atoms with Crippen molar-refractivity contribution in [2.75, 3.05) is 12.4 Å². The van der Waals surface area contributed by atoms with E-state index >= 15 is 0 Å². The van der Waals surface area contributed by atoms with Crippen LogP contribution >= 0.6 is 0 Å². The van der Waals surface area contributed by atoms with E-state index in [0.29, 0.717) is 0 Å². The van der Waals surface area contributed by atoms with Crippen molar-refractivity contribution >= 4 is 10.0 Å². The SMILES string of the molecule is CCS(=O)(=O)N[C@H]1CCC(F)(F)C[C@@H]1COc1ccc(-c2ncc(C#N)cc2F)cc1F. The lowest BCUT2D eigenvalue weighted by Gasteiger charge is -2.36. The molecule has 0 spiro atoms. The number of sulfonamides is 1. The van der Waals surface area contributed by atoms with Crippen LogP contribution in [0.3, 0.4) is 0 Å². The van der Waals surface area contributed by atoms with Crippen LogP contribution < -0.4 is 9.46 Å². The van der Waals surface area contributed by atoms with Crippen molar-refractivity contribution in [2.24, 2.45) is 5.92 Å². The Morgan fingerprint density at radius 3 is 2.66 bits per heavy atom. The van der Waals surface area contributed by atoms with Gasteiger partial charge in [0.25, 0.3) is 0 Å². The Kier molecular flexibility index (Phi) is 7.05. The first-order chi connectivity index (χ1) is 15.0. The molecule has 2 atom stereocenters. The summed E-state index contributed by atoms with van der Waals surface area (Å²) >= 11 is 0. The second kappa shape index (κ2) is 9.42. The Hall–Kier alpha value is -2.71. The zero-order valence-electron chi connectivity index (χ0n) is 17.1. The van der Waals surface area contributed by atoms with E-state index in [4.69, 9.17) is 10.00 Å². The van der Waals surface area contributed by atoms with Gasteiger partial charge in [0, 0.05) is 36.6 Å². The minimum atomic E-state index is -3.61. The smallest absolute Gasteiger partial charge is 0.248 e. The lowest BCUT2D eigenvalue weighted by Crippen LogP contribution is -2.48. The summed E-state index contributed by atoms with van der Waals surface area (Å²) in [7, 11) is -3.61. The molecule has 3 rings (SSSR count). The van der Waals surface area contributed by atoms with Gasteiger partial charge in [-0.25, -0.2) is 30.7 Å². The molecule has 0 aliphatic heterocycles. The van der Waals surface area contributed by atoms with Gasteiger partial charge in [0.1, 0.15) is 11.8 Å². The Labute approximate surface area is 183 Å². The number of rotatable bonds is 7. The molecule has 1 heterocycles. The maximum atomic E-state index is 14.6. The van der Waals surface area contributed by atoms with E-state index in [1.165, 1.54) is 19.1 Å². The summed E-state index contributed by atoms with van der Waals surface area (Å²) in [6, 6.07) is 5.53. The number of nitrogens with one attached hydrogen (secondary N) is 1. The molecule has 0 amide bonds. The summed E-state index contributed by atoms with van der Waals surface area (Å²) in [6.07, 6.45) is 0.0450. The summed E-state index contributed by atoms with van der Waals surface area (Å²) in [4.78, 5) is 3.82. The van der Waals surface area contributed by atoms with Crippen LogP contribution in [0.25, 0.3) is 11.3 Å². The molecule has 32 heavy (non-hydrogen) atoms. The molecule has 0 radical (unpaired) electrons. The molecule has 1 aliphatic rings. The van der Waals surface area contributed by atoms with E-state index in [2.05, 4.69) is 9.71 Å². The third-order valence-corrected chi connectivity index (χ3v) is 6.71. The Balaban J connectivity index is 1.75. The zero-order chi connectivity index (χ0) is 23.5. The predicted octanol–water partition coefficient (Wildman–Crippen LogP) is 4.02. The normalized spacial score (nSPS) is 20.5. The number of hydrogen-bond donors (Lipinski definition) is 1. The standard InChI is InChI=1S/C21H21F4N3O3S/c1-2-32(29,30)28-18-5-6-21(24,25)9-15(18)12-31-19-4-3-14(8-16(19)22)20-17(23)7-13(10-26)11-27-20/h3-4,7-8,11,15,18,28H,2,5-6,9,12H2,1H3/t15-,18+/m1/s1. The van der Waals surface area contributed by atoms with Crippen LogP contribution in [0.5, 0.6) is 5.75 Å². The molecule has 1 fully saturated rings. The van der Waals surface area contributed by atoms with Gasteiger partial charge in [0.15, 0.2) is 17.4 Å². The summed E-state index contributed by atoms with van der Waals surface area (Å²) in [5.41, 5.74) is -0.0331. The van der Waals surface area contributed by atoms with Crippen LogP contribution in [0.15, 0.2) is 30.5 Å². The van der Waals surface area contributed by atoms with Gasteiger partial charge in [-0.15, -0.1) is 0 Å². The van der Waals surface area contributed by atoms with Crippen LogP contribution in [0, 0.1) is 28.9 Å². The van der Waals surface area contributed by atoms with Crippen molar-refractivity contribution in [1.82, 2.24) is 9.71 Å². The number of halogens is 4. The van der Waals surface area contributed by atoms with E-state index < -0.39 is 52.4 Å². The number of alkyl halides is 2. The molecular formula is C21H21F4N3O3S. The number of benzene rings is 1. The van der Waals surface area contributed by atoms with E-state index in [1.807, 2.05) is 0 Å². The maximum absolute atomic E-state index is 14.6. The molecule has 1 saturated carbocycles. The third-order valence-electron chi connectivity index (χ3n) is 5.29. The van der Waals surface area contributed by atoms with Crippen molar-refractivity contribution in [1.29, 1.82) is 5.26 Å².